The SMILES string of the molecule is Cc1ccc(S(=O)(=O)NC2CO[C@H]3CN(C(=O)c4ccco4)C[C@@H]3OC2)s1. The summed E-state index contributed by atoms with van der Waals surface area (Å²) in [6.45, 7) is 3.00. The van der Waals surface area contributed by atoms with Crippen LogP contribution in [0.25, 0.3) is 0 Å². The number of carbonyl (C=O) groups excluding carboxylic acids is 1. The van der Waals surface area contributed by atoms with Crippen molar-refractivity contribution >= 4 is 27.3 Å². The molecule has 0 bridgehead atoms. The average molecular weight is 412 g/mol. The number of nitrogens with zero attached hydrogens (tertiary/aromatic N) is 1. The molecule has 1 N–H and O–H groups in total. The highest BCUT2D eigenvalue weighted by Crippen LogP contribution is 2.24. The maximum Gasteiger partial charge on any atom is 0.289 e. The lowest BCUT2D eigenvalue weighted by atomic mass is 10.3. The van der Waals surface area contributed by atoms with E-state index >= 15 is 0 Å². The van der Waals surface area contributed by atoms with Crippen LogP contribution in [0, 0.1) is 6.92 Å². The third kappa shape index (κ3) is 3.94. The fourth-order valence-electron chi connectivity index (χ4n) is 3.22. The molecule has 4 rings (SSSR count). The van der Waals surface area contributed by atoms with E-state index in [4.69, 9.17) is 13.9 Å². The van der Waals surface area contributed by atoms with Crippen molar-refractivity contribution in [3.63, 3.8) is 0 Å². The van der Waals surface area contributed by atoms with Gasteiger partial charge in [-0.1, -0.05) is 0 Å². The lowest BCUT2D eigenvalue weighted by molar-refractivity contribution is -0.00461. The van der Waals surface area contributed by atoms with E-state index in [1.54, 1.807) is 29.2 Å². The number of amides is 1. The Balaban J connectivity index is 1.36. The minimum atomic E-state index is -3.60. The first-order valence-electron chi connectivity index (χ1n) is 8.57. The number of carbonyl (C=O) groups is 1. The number of thiophene rings is 1. The first-order chi connectivity index (χ1) is 12.9. The Morgan fingerprint density at radius 2 is 1.89 bits per heavy atom. The topological polar surface area (TPSA) is 98.1 Å². The van der Waals surface area contributed by atoms with E-state index in [1.165, 1.54) is 17.6 Å². The standard InChI is InChI=1S/C17H20N2O6S2/c1-11-4-5-16(26-11)27(21,22)18-12-9-24-14-7-19(8-15(14)25-10-12)17(20)13-3-2-6-23-13/h2-6,12,14-15,18H,7-10H2,1H3/t14-,15-/m0/s1. The molecule has 2 aromatic rings. The van der Waals surface area contributed by atoms with E-state index in [0.29, 0.717) is 13.1 Å². The maximum absolute atomic E-state index is 12.5. The van der Waals surface area contributed by atoms with E-state index in [0.717, 1.165) is 4.88 Å². The molecule has 0 aromatic carbocycles. The minimum Gasteiger partial charge on any atom is -0.459 e. The summed E-state index contributed by atoms with van der Waals surface area (Å²) in [6, 6.07) is 6.18. The minimum absolute atomic E-state index is 0.188. The molecule has 4 heterocycles. The van der Waals surface area contributed by atoms with Crippen molar-refractivity contribution in [3.05, 3.63) is 41.2 Å². The van der Waals surface area contributed by atoms with Crippen LogP contribution >= 0.6 is 11.3 Å². The molecule has 8 nitrogen and oxygen atoms in total. The second-order valence-electron chi connectivity index (χ2n) is 6.61. The molecule has 10 heteroatoms. The molecule has 2 aliphatic heterocycles. The Labute approximate surface area is 161 Å². The van der Waals surface area contributed by atoms with Gasteiger partial charge in [0.25, 0.3) is 5.91 Å². The molecule has 2 fully saturated rings. The van der Waals surface area contributed by atoms with E-state index < -0.39 is 16.1 Å². The number of hydrogen-bond donors (Lipinski definition) is 1. The first kappa shape index (κ1) is 18.6. The van der Waals surface area contributed by atoms with Crippen LogP contribution in [0.1, 0.15) is 15.4 Å². The molecule has 2 saturated heterocycles. The molecule has 1 amide bonds. The lowest BCUT2D eigenvalue weighted by Crippen LogP contribution is -2.41. The van der Waals surface area contributed by atoms with Crippen molar-refractivity contribution in [2.45, 2.75) is 29.4 Å². The fourth-order valence-corrected chi connectivity index (χ4v) is 5.72. The number of fused-ring (bicyclic) bond motifs is 1. The molecule has 0 saturated carbocycles. The zero-order valence-corrected chi connectivity index (χ0v) is 16.3. The number of sulfonamides is 1. The highest BCUT2D eigenvalue weighted by Gasteiger charge is 2.40. The molecule has 2 aliphatic rings. The van der Waals surface area contributed by atoms with Gasteiger partial charge in [0.2, 0.25) is 10.0 Å². The summed E-state index contributed by atoms with van der Waals surface area (Å²) in [6.07, 6.45) is 0.880. The molecule has 146 valence electrons. The van der Waals surface area contributed by atoms with Crippen LogP contribution in [0.15, 0.2) is 39.2 Å². The van der Waals surface area contributed by atoms with Crippen molar-refractivity contribution in [3.8, 4) is 0 Å². The predicted molar refractivity (Wildman–Crippen MR) is 97.3 cm³/mol. The molecule has 2 atom stereocenters. The highest BCUT2D eigenvalue weighted by molar-refractivity contribution is 7.91. The molecule has 27 heavy (non-hydrogen) atoms. The van der Waals surface area contributed by atoms with Crippen molar-refractivity contribution in [2.24, 2.45) is 0 Å². The van der Waals surface area contributed by atoms with Crippen LogP contribution in [0.2, 0.25) is 0 Å². The van der Waals surface area contributed by atoms with Crippen molar-refractivity contribution in [1.82, 2.24) is 9.62 Å². The molecular weight excluding hydrogens is 392 g/mol. The van der Waals surface area contributed by atoms with Crippen LogP contribution in [0.5, 0.6) is 0 Å². The van der Waals surface area contributed by atoms with Crippen LogP contribution < -0.4 is 4.72 Å². The number of rotatable bonds is 4. The summed E-state index contributed by atoms with van der Waals surface area (Å²) in [5, 5.41) is 0. The largest absolute Gasteiger partial charge is 0.459 e. The summed E-state index contributed by atoms with van der Waals surface area (Å²) in [5.74, 6) is 0.0777. The molecular formula is C17H20N2O6S2. The predicted octanol–water partition coefficient (Wildman–Crippen LogP) is 1.24. The molecule has 2 aromatic heterocycles. The van der Waals surface area contributed by atoms with Gasteiger partial charge < -0.3 is 18.8 Å². The highest BCUT2D eigenvalue weighted by atomic mass is 32.2. The Hall–Kier alpha value is -1.72. The van der Waals surface area contributed by atoms with Gasteiger partial charge in [-0.15, -0.1) is 11.3 Å². The molecule has 0 aliphatic carbocycles. The second-order valence-corrected chi connectivity index (χ2v) is 9.84. The molecule has 0 unspecified atom stereocenters. The van der Waals surface area contributed by atoms with Crippen LogP contribution in [-0.4, -0.2) is 63.8 Å². The van der Waals surface area contributed by atoms with Gasteiger partial charge in [0.05, 0.1) is 38.6 Å². The van der Waals surface area contributed by atoms with Gasteiger partial charge in [0.1, 0.15) is 16.4 Å². The van der Waals surface area contributed by atoms with Gasteiger partial charge in [-0.2, -0.15) is 0 Å². The molecule has 0 radical (unpaired) electrons. The van der Waals surface area contributed by atoms with Gasteiger partial charge in [-0.3, -0.25) is 4.79 Å². The number of furan rings is 1. The van der Waals surface area contributed by atoms with Crippen LogP contribution in [-0.2, 0) is 19.5 Å². The van der Waals surface area contributed by atoms with Crippen molar-refractivity contribution < 1.29 is 27.1 Å². The lowest BCUT2D eigenvalue weighted by Gasteiger charge is -2.18. The van der Waals surface area contributed by atoms with E-state index in [-0.39, 0.29) is 41.3 Å². The quantitative estimate of drug-likeness (QED) is 0.811. The number of aryl methyl sites for hydroxylation is 1. The summed E-state index contributed by atoms with van der Waals surface area (Å²) >= 11 is 1.22. The average Bonchev–Trinajstić information content (AvgIpc) is 3.36. The van der Waals surface area contributed by atoms with Gasteiger partial charge in [0, 0.05) is 4.88 Å². The zero-order valence-electron chi connectivity index (χ0n) is 14.7. The van der Waals surface area contributed by atoms with Gasteiger partial charge in [-0.05, 0) is 31.2 Å². The summed E-state index contributed by atoms with van der Waals surface area (Å²) < 4.78 is 44.7. The molecule has 0 spiro atoms. The zero-order chi connectivity index (χ0) is 19.0. The normalized spacial score (nSPS) is 24.0. The van der Waals surface area contributed by atoms with E-state index in [9.17, 15) is 13.2 Å². The smallest absolute Gasteiger partial charge is 0.289 e. The Bertz CT molecular complexity index is 892. The monoisotopic (exact) mass is 412 g/mol. The first-order valence-corrected chi connectivity index (χ1v) is 10.9. The number of likely N-dealkylation sites (tertiary alicyclic amines) is 1. The third-order valence-corrected chi connectivity index (χ3v) is 7.57. The number of hydrogen-bond acceptors (Lipinski definition) is 7. The van der Waals surface area contributed by atoms with Crippen LogP contribution in [0.4, 0.5) is 0 Å². The van der Waals surface area contributed by atoms with Crippen LogP contribution in [0.3, 0.4) is 0 Å². The van der Waals surface area contributed by atoms with Gasteiger partial charge in [0.15, 0.2) is 5.76 Å². The number of ether oxygens (including phenoxy) is 2. The summed E-state index contributed by atoms with van der Waals surface area (Å²) in [5.41, 5.74) is 0. The van der Waals surface area contributed by atoms with Crippen molar-refractivity contribution in [2.75, 3.05) is 26.3 Å². The van der Waals surface area contributed by atoms with E-state index in [1.807, 2.05) is 6.92 Å². The summed E-state index contributed by atoms with van der Waals surface area (Å²) in [4.78, 5) is 14.9. The Kier molecular flexibility index (Phi) is 5.08. The Morgan fingerprint density at radius 1 is 1.19 bits per heavy atom. The fraction of sp³-hybridized carbons (Fsp3) is 0.471. The van der Waals surface area contributed by atoms with Gasteiger partial charge >= 0.3 is 0 Å². The third-order valence-electron chi connectivity index (χ3n) is 4.56. The Morgan fingerprint density at radius 3 is 2.44 bits per heavy atom. The van der Waals surface area contributed by atoms with Gasteiger partial charge in [-0.25, -0.2) is 13.1 Å². The second kappa shape index (κ2) is 7.36. The maximum atomic E-state index is 12.5. The summed E-state index contributed by atoms with van der Waals surface area (Å²) in [7, 11) is -3.60. The van der Waals surface area contributed by atoms with Crippen molar-refractivity contribution in [1.29, 1.82) is 0 Å². The number of nitrogens with one attached hydrogen (secondary N) is 1. The van der Waals surface area contributed by atoms with E-state index in [2.05, 4.69) is 4.72 Å².